The number of piperazine rings is 1. The number of hydrogen-bond acceptors (Lipinski definition) is 3. The van der Waals surface area contributed by atoms with Gasteiger partial charge in [0.1, 0.15) is 12.6 Å². The third kappa shape index (κ3) is 3.56. The van der Waals surface area contributed by atoms with Gasteiger partial charge in [-0.25, -0.2) is 9.59 Å². The van der Waals surface area contributed by atoms with Crippen LogP contribution in [0.4, 0.5) is 10.5 Å². The van der Waals surface area contributed by atoms with Crippen LogP contribution >= 0.6 is 23.2 Å². The number of benzene rings is 1. The highest BCUT2D eigenvalue weighted by atomic mass is 35.5. The van der Waals surface area contributed by atoms with E-state index in [0.717, 1.165) is 4.90 Å². The van der Waals surface area contributed by atoms with Crippen molar-refractivity contribution in [3.63, 3.8) is 0 Å². The van der Waals surface area contributed by atoms with Crippen molar-refractivity contribution in [3.8, 4) is 0 Å². The van der Waals surface area contributed by atoms with E-state index in [1.165, 1.54) is 12.1 Å². The van der Waals surface area contributed by atoms with Crippen molar-refractivity contribution in [1.29, 1.82) is 0 Å². The minimum absolute atomic E-state index is 0.148. The maximum atomic E-state index is 12.2. The Bertz CT molecular complexity index is 608. The molecule has 1 fully saturated rings. The Balaban J connectivity index is 2.19. The summed E-state index contributed by atoms with van der Waals surface area (Å²) in [5.41, 5.74) is 0.240. The molecule has 0 spiro atoms. The topological polar surface area (TPSA) is 98.7 Å². The predicted octanol–water partition coefficient (Wildman–Crippen LogP) is 1.41. The molecule has 7 nitrogen and oxygen atoms in total. The average Bonchev–Trinajstić information content (AvgIpc) is 2.42. The molecule has 9 heteroatoms. The van der Waals surface area contributed by atoms with Crippen LogP contribution in [0, 0.1) is 0 Å². The van der Waals surface area contributed by atoms with Crippen molar-refractivity contribution < 1.29 is 19.5 Å². The summed E-state index contributed by atoms with van der Waals surface area (Å²) in [7, 11) is 0. The Morgan fingerprint density at radius 1 is 1.38 bits per heavy atom. The average molecular weight is 332 g/mol. The number of aliphatic carboxylic acids is 1. The fraction of sp³-hybridized carbons (Fsp3) is 0.250. The van der Waals surface area contributed by atoms with Gasteiger partial charge in [-0.1, -0.05) is 23.2 Å². The molecule has 21 heavy (non-hydrogen) atoms. The lowest BCUT2D eigenvalue weighted by molar-refractivity contribution is -0.144. The second kappa shape index (κ2) is 6.19. The number of carbonyl (C=O) groups excluding carboxylic acids is 2. The molecule has 3 amide bonds. The molecule has 1 atom stereocenters. The molecule has 0 aliphatic carbocycles. The number of urea groups is 1. The SMILES string of the molecule is O=C1CN(C(=O)Nc2cc(Cl)ccc2Cl)C(C(=O)O)CN1. The highest BCUT2D eigenvalue weighted by Gasteiger charge is 2.35. The maximum Gasteiger partial charge on any atom is 0.328 e. The molecule has 0 aromatic heterocycles. The van der Waals surface area contributed by atoms with Crippen molar-refractivity contribution in [2.75, 3.05) is 18.4 Å². The molecule has 1 heterocycles. The van der Waals surface area contributed by atoms with E-state index in [-0.39, 0.29) is 23.8 Å². The minimum atomic E-state index is -1.21. The summed E-state index contributed by atoms with van der Waals surface area (Å²) in [4.78, 5) is 35.6. The van der Waals surface area contributed by atoms with E-state index < -0.39 is 23.9 Å². The molecule has 3 N–H and O–H groups in total. The van der Waals surface area contributed by atoms with Crippen LogP contribution in [0.2, 0.25) is 10.0 Å². The highest BCUT2D eigenvalue weighted by molar-refractivity contribution is 6.35. The first-order valence-corrected chi connectivity index (χ1v) is 6.66. The smallest absolute Gasteiger partial charge is 0.328 e. The summed E-state index contributed by atoms with van der Waals surface area (Å²) >= 11 is 11.7. The van der Waals surface area contributed by atoms with Crippen molar-refractivity contribution in [3.05, 3.63) is 28.2 Å². The molecule has 1 aliphatic rings. The van der Waals surface area contributed by atoms with Crippen LogP contribution in [0.15, 0.2) is 18.2 Å². The van der Waals surface area contributed by atoms with E-state index in [1.54, 1.807) is 6.07 Å². The number of carboxylic acid groups (broad SMARTS) is 1. The van der Waals surface area contributed by atoms with Crippen LogP contribution < -0.4 is 10.6 Å². The lowest BCUT2D eigenvalue weighted by atomic mass is 10.2. The Morgan fingerprint density at radius 3 is 2.76 bits per heavy atom. The van der Waals surface area contributed by atoms with Crippen LogP contribution in [0.25, 0.3) is 0 Å². The van der Waals surface area contributed by atoms with Crippen molar-refractivity contribution >= 4 is 46.8 Å². The lowest BCUT2D eigenvalue weighted by Crippen LogP contribution is -2.60. The number of anilines is 1. The van der Waals surface area contributed by atoms with Crippen LogP contribution in [0.5, 0.6) is 0 Å². The Morgan fingerprint density at radius 2 is 2.10 bits per heavy atom. The molecule has 0 radical (unpaired) electrons. The highest BCUT2D eigenvalue weighted by Crippen LogP contribution is 2.26. The normalized spacial score (nSPS) is 18.1. The van der Waals surface area contributed by atoms with Gasteiger partial charge in [-0.05, 0) is 18.2 Å². The number of amides is 3. The van der Waals surface area contributed by atoms with Crippen LogP contribution in [0.1, 0.15) is 0 Å². The molecule has 1 saturated heterocycles. The number of nitrogens with zero attached hydrogens (tertiary/aromatic N) is 1. The van der Waals surface area contributed by atoms with Crippen molar-refractivity contribution in [1.82, 2.24) is 10.2 Å². The number of rotatable bonds is 2. The van der Waals surface area contributed by atoms with E-state index in [0.29, 0.717) is 5.02 Å². The number of nitrogens with one attached hydrogen (secondary N) is 2. The second-order valence-corrected chi connectivity index (χ2v) is 5.18. The molecular weight excluding hydrogens is 321 g/mol. The molecule has 2 rings (SSSR count). The van der Waals surface area contributed by atoms with Gasteiger partial charge >= 0.3 is 12.0 Å². The Kier molecular flexibility index (Phi) is 4.54. The molecule has 1 aliphatic heterocycles. The fourth-order valence-corrected chi connectivity index (χ4v) is 2.19. The van der Waals surface area contributed by atoms with E-state index in [1.807, 2.05) is 0 Å². The summed E-state index contributed by atoms with van der Waals surface area (Å²) < 4.78 is 0. The zero-order chi connectivity index (χ0) is 15.6. The summed E-state index contributed by atoms with van der Waals surface area (Å²) in [6, 6.07) is 2.61. The zero-order valence-corrected chi connectivity index (χ0v) is 12.1. The van der Waals surface area contributed by atoms with Gasteiger partial charge in [0.05, 0.1) is 10.7 Å². The first-order valence-electron chi connectivity index (χ1n) is 5.90. The zero-order valence-electron chi connectivity index (χ0n) is 10.6. The van der Waals surface area contributed by atoms with Crippen molar-refractivity contribution in [2.24, 2.45) is 0 Å². The monoisotopic (exact) mass is 331 g/mol. The molecule has 112 valence electrons. The first-order chi connectivity index (χ1) is 9.88. The maximum absolute atomic E-state index is 12.2. The van der Waals surface area contributed by atoms with Gasteiger partial charge in [-0.15, -0.1) is 0 Å². The molecule has 1 aromatic rings. The third-order valence-electron chi connectivity index (χ3n) is 2.90. The Hall–Kier alpha value is -1.99. The largest absolute Gasteiger partial charge is 0.480 e. The number of halogens is 2. The summed E-state index contributed by atoms with van der Waals surface area (Å²) in [6.07, 6.45) is 0. The fourth-order valence-electron chi connectivity index (χ4n) is 1.86. The first kappa shape index (κ1) is 15.4. The van der Waals surface area contributed by atoms with Gasteiger partial charge in [0.2, 0.25) is 5.91 Å². The quantitative estimate of drug-likeness (QED) is 0.762. The molecule has 1 aromatic carbocycles. The Labute approximate surface area is 129 Å². The van der Waals surface area contributed by atoms with Gasteiger partial charge in [-0.3, -0.25) is 9.69 Å². The van der Waals surface area contributed by atoms with Crippen LogP contribution in [0.3, 0.4) is 0 Å². The van der Waals surface area contributed by atoms with E-state index in [4.69, 9.17) is 28.3 Å². The summed E-state index contributed by atoms with van der Waals surface area (Å²) in [5, 5.41) is 14.5. The number of carboxylic acids is 1. The van der Waals surface area contributed by atoms with E-state index in [9.17, 15) is 14.4 Å². The van der Waals surface area contributed by atoms with Crippen LogP contribution in [-0.2, 0) is 9.59 Å². The molecule has 0 bridgehead atoms. The summed E-state index contributed by atoms with van der Waals surface area (Å²) in [6.45, 7) is -0.494. The summed E-state index contributed by atoms with van der Waals surface area (Å²) in [5.74, 6) is -1.64. The molecule has 1 unspecified atom stereocenters. The van der Waals surface area contributed by atoms with Crippen molar-refractivity contribution in [2.45, 2.75) is 6.04 Å². The third-order valence-corrected chi connectivity index (χ3v) is 3.46. The minimum Gasteiger partial charge on any atom is -0.480 e. The van der Waals surface area contributed by atoms with E-state index >= 15 is 0 Å². The predicted molar refractivity (Wildman–Crippen MR) is 76.6 cm³/mol. The second-order valence-electron chi connectivity index (χ2n) is 4.34. The van der Waals surface area contributed by atoms with Crippen LogP contribution in [-0.4, -0.2) is 47.0 Å². The lowest BCUT2D eigenvalue weighted by Gasteiger charge is -2.32. The molecule has 0 saturated carbocycles. The van der Waals surface area contributed by atoms with Gasteiger partial charge in [0.25, 0.3) is 0 Å². The number of hydrogen-bond donors (Lipinski definition) is 3. The van der Waals surface area contributed by atoms with Gasteiger partial charge in [0, 0.05) is 11.6 Å². The van der Waals surface area contributed by atoms with Gasteiger partial charge in [-0.2, -0.15) is 0 Å². The number of carbonyl (C=O) groups is 3. The standard InChI is InChI=1S/C12H11Cl2N3O4/c13-6-1-2-7(14)8(3-6)16-12(21)17-5-10(18)15-4-9(17)11(19)20/h1-3,9H,4-5H2,(H,15,18)(H,16,21)(H,19,20). The van der Waals surface area contributed by atoms with E-state index in [2.05, 4.69) is 10.6 Å². The van der Waals surface area contributed by atoms with Gasteiger partial charge < -0.3 is 15.7 Å². The molecular formula is C12H11Cl2N3O4. The van der Waals surface area contributed by atoms with Gasteiger partial charge in [0.15, 0.2) is 0 Å².